The highest BCUT2D eigenvalue weighted by Crippen LogP contribution is 2.33. The summed E-state index contributed by atoms with van der Waals surface area (Å²) in [5.41, 5.74) is 0.820. The maximum atomic E-state index is 13.5. The van der Waals surface area contributed by atoms with Crippen LogP contribution in [-0.2, 0) is 35.4 Å². The lowest BCUT2D eigenvalue weighted by molar-refractivity contribution is -0.712. The van der Waals surface area contributed by atoms with Crippen LogP contribution < -0.4 is 4.72 Å². The molecule has 0 fully saturated rings. The third kappa shape index (κ3) is 9.26. The molecule has 0 saturated carbocycles. The molecule has 1 aromatic heterocycles. The number of likely N-dealkylation sites (N-methyl/N-ethyl adjacent to an activating group) is 1. The Bertz CT molecular complexity index is 2190. The van der Waals surface area contributed by atoms with E-state index in [2.05, 4.69) is 10.4 Å². The van der Waals surface area contributed by atoms with Gasteiger partial charge in [-0.25, -0.2) is 22.7 Å². The van der Waals surface area contributed by atoms with Crippen molar-refractivity contribution in [3.8, 4) is 16.9 Å². The standard InChI is InChI=1S/C35H34F3N7O9S/c1-4-42(45(50)41-54-23(3)43-33(48)27-7-5-6-8-28(27)34(43)49)19-20-53-32(47)18-17-31(46)40-55(51,52)26-15-13-25(14-16-26)44-29(21-30(39-44)35(36,37)38)24-11-9-22(2)10-12-24/h5-16,21,23H,4,17-20H2,1-3H3,(H,40,46). The first kappa shape index (κ1) is 39.9. The molecule has 3 amide bonds. The number of nitrogens with one attached hydrogen (secondary N) is 1. The van der Waals surface area contributed by atoms with Crippen molar-refractivity contribution in [2.24, 2.45) is 5.28 Å². The van der Waals surface area contributed by atoms with E-state index in [0.29, 0.717) is 5.56 Å². The number of hydrazine groups is 1. The van der Waals surface area contributed by atoms with Crippen LogP contribution in [0.3, 0.4) is 0 Å². The SMILES string of the molecule is CCN(CCOC(=O)CCC(=O)NS(=O)(=O)c1ccc(-n2nc(C(F)(F)F)cc2-c2ccc(C)cc2)cc1)[N+]([O-])=NOC(C)N1C(=O)c2ccccc2C1=O. The van der Waals surface area contributed by atoms with E-state index in [1.54, 1.807) is 43.3 Å². The molecule has 1 aliphatic rings. The topological polar surface area (TPSA) is 196 Å². The molecule has 1 unspecified atom stereocenters. The Hall–Kier alpha value is -6.31. The van der Waals surface area contributed by atoms with Crippen molar-refractivity contribution >= 4 is 33.7 Å². The number of carbonyl (C=O) groups is 4. The predicted octanol–water partition coefficient (Wildman–Crippen LogP) is 4.77. The van der Waals surface area contributed by atoms with Crippen LogP contribution in [0.2, 0.25) is 0 Å². The number of fused-ring (bicyclic) bond motifs is 1. The highest BCUT2D eigenvalue weighted by molar-refractivity contribution is 7.90. The zero-order valence-electron chi connectivity index (χ0n) is 29.5. The van der Waals surface area contributed by atoms with Crippen LogP contribution in [0.25, 0.3) is 16.9 Å². The average Bonchev–Trinajstić information content (AvgIpc) is 3.71. The number of hydrogen-bond acceptors (Lipinski definition) is 11. The van der Waals surface area contributed by atoms with Gasteiger partial charge in [-0.1, -0.05) is 42.0 Å². The summed E-state index contributed by atoms with van der Waals surface area (Å²) in [6, 6.07) is 18.4. The van der Waals surface area contributed by atoms with Crippen molar-refractivity contribution in [3.05, 3.63) is 106 Å². The first-order valence-corrected chi connectivity index (χ1v) is 18.1. The summed E-state index contributed by atoms with van der Waals surface area (Å²) in [6.45, 7) is 4.37. The number of alkyl halides is 3. The molecule has 4 aromatic rings. The first-order valence-electron chi connectivity index (χ1n) is 16.6. The van der Waals surface area contributed by atoms with Crippen molar-refractivity contribution in [2.75, 3.05) is 19.7 Å². The first-order chi connectivity index (χ1) is 26.0. The zero-order chi connectivity index (χ0) is 40.1. The highest BCUT2D eigenvalue weighted by atomic mass is 32.2. The number of sulfonamides is 1. The van der Waals surface area contributed by atoms with Gasteiger partial charge in [-0.3, -0.25) is 19.2 Å². The number of benzene rings is 3. The smallest absolute Gasteiger partial charge is 0.435 e. The van der Waals surface area contributed by atoms with E-state index in [1.807, 2.05) is 11.6 Å². The molecular weight excluding hydrogens is 751 g/mol. The number of aryl methyl sites for hydroxylation is 1. The summed E-state index contributed by atoms with van der Waals surface area (Å²) in [5.74, 6) is -3.12. The van der Waals surface area contributed by atoms with E-state index < -0.39 is 64.7 Å². The summed E-state index contributed by atoms with van der Waals surface area (Å²) < 4.78 is 74.3. The van der Waals surface area contributed by atoms with Crippen LogP contribution >= 0.6 is 0 Å². The van der Waals surface area contributed by atoms with Gasteiger partial charge in [-0.15, -0.1) is 5.01 Å². The predicted molar refractivity (Wildman–Crippen MR) is 185 cm³/mol. The fraction of sp³-hybridized carbons (Fsp3) is 0.286. The molecular formula is C35H34F3N7O9S. The van der Waals surface area contributed by atoms with Crippen LogP contribution in [0.1, 0.15) is 58.7 Å². The Morgan fingerprint density at radius 2 is 1.62 bits per heavy atom. The molecule has 20 heteroatoms. The molecule has 3 aromatic carbocycles. The fourth-order valence-electron chi connectivity index (χ4n) is 5.34. The summed E-state index contributed by atoms with van der Waals surface area (Å²) in [6.07, 6.45) is -7.04. The molecule has 5 rings (SSSR count). The minimum atomic E-state index is -4.74. The van der Waals surface area contributed by atoms with E-state index in [0.717, 1.165) is 38.4 Å². The summed E-state index contributed by atoms with van der Waals surface area (Å²) >= 11 is 0. The maximum Gasteiger partial charge on any atom is 0.435 e. The number of esters is 1. The monoisotopic (exact) mass is 785 g/mol. The lowest BCUT2D eigenvalue weighted by Crippen LogP contribution is -2.40. The normalized spacial score (nSPS) is 13.7. The van der Waals surface area contributed by atoms with E-state index in [9.17, 15) is 46.0 Å². The lowest BCUT2D eigenvalue weighted by atomic mass is 10.1. The quantitative estimate of drug-likeness (QED) is 0.0574. The number of rotatable bonds is 15. The van der Waals surface area contributed by atoms with Crippen molar-refractivity contribution in [1.29, 1.82) is 0 Å². The Balaban J connectivity index is 1.10. The average molecular weight is 786 g/mol. The second-order valence-electron chi connectivity index (χ2n) is 12.0. The molecule has 1 aliphatic heterocycles. The molecule has 55 heavy (non-hydrogen) atoms. The fourth-order valence-corrected chi connectivity index (χ4v) is 6.35. The van der Waals surface area contributed by atoms with Crippen LogP contribution in [0.5, 0.6) is 0 Å². The van der Waals surface area contributed by atoms with Crippen LogP contribution in [0, 0.1) is 12.1 Å². The minimum Gasteiger partial charge on any atom is -0.569 e. The molecule has 0 spiro atoms. The minimum absolute atomic E-state index is 0.0606. The van der Waals surface area contributed by atoms with Gasteiger partial charge < -0.3 is 14.8 Å². The van der Waals surface area contributed by atoms with Gasteiger partial charge in [0.2, 0.25) is 17.4 Å². The number of halogens is 3. The number of nitrogens with zero attached hydrogens (tertiary/aromatic N) is 6. The summed E-state index contributed by atoms with van der Waals surface area (Å²) in [7, 11) is -4.44. The third-order valence-corrected chi connectivity index (χ3v) is 9.61. The van der Waals surface area contributed by atoms with Crippen LogP contribution in [0.15, 0.2) is 89.0 Å². The molecule has 16 nitrogen and oxygen atoms in total. The molecule has 1 N–H and O–H groups in total. The molecule has 0 saturated heterocycles. The van der Waals surface area contributed by atoms with Gasteiger partial charge in [-0.05, 0) is 63.2 Å². The highest BCUT2D eigenvalue weighted by Gasteiger charge is 2.40. The van der Waals surface area contributed by atoms with Crippen LogP contribution in [-0.4, -0.2) is 82.7 Å². The van der Waals surface area contributed by atoms with E-state index in [4.69, 9.17) is 9.57 Å². The molecule has 0 aliphatic carbocycles. The number of ether oxygens (including phenoxy) is 1. The van der Waals surface area contributed by atoms with Gasteiger partial charge in [0, 0.05) is 12.0 Å². The van der Waals surface area contributed by atoms with Gasteiger partial charge in [0.05, 0.1) is 45.3 Å². The van der Waals surface area contributed by atoms with E-state index in [1.165, 1.54) is 31.2 Å². The number of carbonyl (C=O) groups excluding carboxylic acids is 4. The molecule has 2 heterocycles. The molecule has 0 radical (unpaired) electrons. The van der Waals surface area contributed by atoms with Gasteiger partial charge >= 0.3 is 12.1 Å². The van der Waals surface area contributed by atoms with Gasteiger partial charge in [-0.2, -0.15) is 18.3 Å². The summed E-state index contributed by atoms with van der Waals surface area (Å²) in [4.78, 5) is 55.5. The van der Waals surface area contributed by atoms with Crippen molar-refractivity contribution in [2.45, 2.75) is 50.9 Å². The Morgan fingerprint density at radius 3 is 2.20 bits per heavy atom. The maximum absolute atomic E-state index is 13.5. The van der Waals surface area contributed by atoms with E-state index in [-0.39, 0.29) is 52.1 Å². The molecule has 1 atom stereocenters. The Labute approximate surface area is 312 Å². The third-order valence-electron chi connectivity index (χ3n) is 8.22. The zero-order valence-corrected chi connectivity index (χ0v) is 30.3. The second kappa shape index (κ2) is 16.4. The van der Waals surface area contributed by atoms with Gasteiger partial charge in [0.25, 0.3) is 21.8 Å². The molecule has 0 bridgehead atoms. The number of amides is 3. The number of hydrogen-bond donors (Lipinski definition) is 1. The number of imide groups is 1. The van der Waals surface area contributed by atoms with Crippen molar-refractivity contribution in [1.82, 2.24) is 24.4 Å². The van der Waals surface area contributed by atoms with Crippen LogP contribution in [0.4, 0.5) is 13.2 Å². The lowest BCUT2D eigenvalue weighted by Gasteiger charge is -2.20. The van der Waals surface area contributed by atoms with Crippen molar-refractivity contribution < 1.29 is 55.3 Å². The Morgan fingerprint density at radius 1 is 1.00 bits per heavy atom. The van der Waals surface area contributed by atoms with Gasteiger partial charge in [0.1, 0.15) is 13.2 Å². The van der Waals surface area contributed by atoms with Crippen molar-refractivity contribution in [3.63, 3.8) is 0 Å². The molecule has 290 valence electrons. The largest absolute Gasteiger partial charge is 0.569 e. The Kier molecular flexibility index (Phi) is 11.9. The number of aromatic nitrogens is 2. The summed E-state index contributed by atoms with van der Waals surface area (Å²) in [5, 5.41) is 20.7. The van der Waals surface area contributed by atoms with E-state index >= 15 is 0 Å². The second-order valence-corrected chi connectivity index (χ2v) is 13.7. The van der Waals surface area contributed by atoms with Gasteiger partial charge in [0.15, 0.2) is 5.69 Å².